The molecule has 7 aromatic carbocycles. The second-order valence-corrected chi connectivity index (χ2v) is 24.9. The first-order chi connectivity index (χ1) is 20.9. The molecule has 0 nitrogen and oxygen atoms in total. The molecule has 0 radical (unpaired) electrons. The summed E-state index contributed by atoms with van der Waals surface area (Å²) in [5.41, 5.74) is 8.04. The topological polar surface area (TPSA) is 0 Å². The molecule has 2 heteroatoms. The summed E-state index contributed by atoms with van der Waals surface area (Å²) in [4.78, 5) is 0. The quantitative estimate of drug-likeness (QED) is 0.139. The first-order valence-corrected chi connectivity index (χ1v) is 23.0. The second kappa shape index (κ2) is 10.3. The molecule has 0 atom stereocenters. The van der Waals surface area contributed by atoms with Crippen molar-refractivity contribution in [2.75, 3.05) is 0 Å². The third-order valence-corrected chi connectivity index (χ3v) is 13.8. The van der Waals surface area contributed by atoms with Crippen LogP contribution in [0.1, 0.15) is 11.1 Å². The molecule has 0 aromatic heterocycles. The molecule has 0 N–H and O–H groups in total. The highest BCUT2D eigenvalue weighted by atomic mass is 28.3. The molecular weight excluding hydrogens is 561 g/mol. The van der Waals surface area contributed by atoms with Gasteiger partial charge in [0.1, 0.15) is 0 Å². The molecule has 0 saturated heterocycles. The molecule has 0 aliphatic carbocycles. The van der Waals surface area contributed by atoms with E-state index in [4.69, 9.17) is 0 Å². The van der Waals surface area contributed by atoms with E-state index in [0.717, 1.165) is 0 Å². The Morgan fingerprint density at radius 2 is 0.705 bits per heavy atom. The van der Waals surface area contributed by atoms with Crippen molar-refractivity contribution in [3.05, 3.63) is 120 Å². The van der Waals surface area contributed by atoms with Gasteiger partial charge in [-0.25, -0.2) is 0 Å². The number of aryl methyl sites for hydroxylation is 2. The zero-order valence-corrected chi connectivity index (χ0v) is 29.4. The van der Waals surface area contributed by atoms with Crippen molar-refractivity contribution in [3.8, 4) is 22.3 Å². The van der Waals surface area contributed by atoms with Crippen LogP contribution < -0.4 is 10.4 Å². The lowest BCUT2D eigenvalue weighted by molar-refractivity contribution is 1.53. The largest absolute Gasteiger partial charge is 0.0776 e. The maximum absolute atomic E-state index is 2.55. The molecule has 7 aromatic rings. The van der Waals surface area contributed by atoms with Gasteiger partial charge in [-0.15, -0.1) is 0 Å². The molecule has 0 bridgehead atoms. The number of hydrogen-bond acceptors (Lipinski definition) is 0. The van der Waals surface area contributed by atoms with Crippen LogP contribution in [0.25, 0.3) is 65.3 Å². The third-order valence-electron chi connectivity index (χ3n) is 9.67. The van der Waals surface area contributed by atoms with Gasteiger partial charge in [0.15, 0.2) is 0 Å². The van der Waals surface area contributed by atoms with Gasteiger partial charge in [0.25, 0.3) is 0 Å². The summed E-state index contributed by atoms with van der Waals surface area (Å²) in [6.07, 6.45) is 0. The SMILES string of the molecule is Cc1ccc(-c2c3ccc([Si](C)(C)C)cc3c(-c3ccc(C)c4ccccc34)c3ccc([Si](C)(C)C)cc23)c2ccccc12. The van der Waals surface area contributed by atoms with Crippen LogP contribution in [0.2, 0.25) is 39.3 Å². The monoisotopic (exact) mass is 602 g/mol. The van der Waals surface area contributed by atoms with Crippen LogP contribution in [0.5, 0.6) is 0 Å². The summed E-state index contributed by atoms with van der Waals surface area (Å²) in [5.74, 6) is 0. The summed E-state index contributed by atoms with van der Waals surface area (Å²) in [5, 5.41) is 13.8. The molecule has 44 heavy (non-hydrogen) atoms. The Hall–Kier alpha value is -3.99. The van der Waals surface area contributed by atoms with Gasteiger partial charge < -0.3 is 0 Å². The standard InChI is InChI=1S/C42H42Si2/c1-27-17-21-35(33-15-11-9-13-31(27)33)41-37-23-19-30(44(6,7)8)26-40(37)42(38-24-20-29(25-39(38)41)43(3,4)5)36-22-18-28(2)32-14-10-12-16-34(32)36/h9-26H,1-8H3. The number of fused-ring (bicyclic) bond motifs is 4. The van der Waals surface area contributed by atoms with Gasteiger partial charge in [-0.1, -0.05) is 159 Å². The van der Waals surface area contributed by atoms with Crippen LogP contribution in [0.4, 0.5) is 0 Å². The Morgan fingerprint density at radius 3 is 1.07 bits per heavy atom. The molecule has 0 spiro atoms. The highest BCUT2D eigenvalue weighted by Gasteiger charge is 2.25. The van der Waals surface area contributed by atoms with Crippen molar-refractivity contribution in [2.24, 2.45) is 0 Å². The highest BCUT2D eigenvalue weighted by Crippen LogP contribution is 2.47. The van der Waals surface area contributed by atoms with Crippen molar-refractivity contribution in [1.29, 1.82) is 0 Å². The summed E-state index contributed by atoms with van der Waals surface area (Å²) in [7, 11) is -3.16. The van der Waals surface area contributed by atoms with Crippen LogP contribution in [-0.2, 0) is 0 Å². The minimum atomic E-state index is -1.58. The van der Waals surface area contributed by atoms with Gasteiger partial charge in [0.2, 0.25) is 0 Å². The molecule has 0 heterocycles. The van der Waals surface area contributed by atoms with Crippen LogP contribution in [0.3, 0.4) is 0 Å². The van der Waals surface area contributed by atoms with E-state index in [1.165, 1.54) is 86.8 Å². The van der Waals surface area contributed by atoms with Crippen molar-refractivity contribution < 1.29 is 0 Å². The lowest BCUT2D eigenvalue weighted by Gasteiger charge is -2.25. The first kappa shape index (κ1) is 28.8. The van der Waals surface area contributed by atoms with Crippen molar-refractivity contribution >= 4 is 69.6 Å². The predicted octanol–water partition coefficient (Wildman–Crippen LogP) is 11.3. The maximum atomic E-state index is 2.55. The number of benzene rings is 7. The van der Waals surface area contributed by atoms with Crippen LogP contribution >= 0.6 is 0 Å². The minimum absolute atomic E-state index is 1.32. The fourth-order valence-corrected chi connectivity index (χ4v) is 9.40. The maximum Gasteiger partial charge on any atom is 0.0776 e. The molecule has 7 rings (SSSR count). The zero-order valence-electron chi connectivity index (χ0n) is 27.4. The second-order valence-electron chi connectivity index (χ2n) is 14.7. The smallest absolute Gasteiger partial charge is 0.0656 e. The van der Waals surface area contributed by atoms with E-state index in [9.17, 15) is 0 Å². The summed E-state index contributed by atoms with van der Waals surface area (Å²) in [6.45, 7) is 19.2. The fraction of sp³-hybridized carbons (Fsp3) is 0.190. The molecule has 0 saturated carbocycles. The van der Waals surface area contributed by atoms with Crippen LogP contribution in [-0.4, -0.2) is 16.1 Å². The van der Waals surface area contributed by atoms with Crippen LogP contribution in [0.15, 0.2) is 109 Å². The van der Waals surface area contributed by atoms with E-state index in [2.05, 4.69) is 162 Å². The van der Waals surface area contributed by atoms with E-state index in [0.29, 0.717) is 0 Å². The normalized spacial score (nSPS) is 12.5. The number of hydrogen-bond donors (Lipinski definition) is 0. The zero-order chi connectivity index (χ0) is 31.0. The average molecular weight is 603 g/mol. The molecule has 0 fully saturated rings. The van der Waals surface area contributed by atoms with Gasteiger partial charge >= 0.3 is 0 Å². The molecule has 0 aliphatic rings. The van der Waals surface area contributed by atoms with Gasteiger partial charge in [-0.3, -0.25) is 0 Å². The first-order valence-electron chi connectivity index (χ1n) is 16.0. The molecular formula is C42H42Si2. The molecule has 218 valence electrons. The van der Waals surface area contributed by atoms with Gasteiger partial charge in [-0.2, -0.15) is 0 Å². The van der Waals surface area contributed by atoms with Crippen molar-refractivity contribution in [3.63, 3.8) is 0 Å². The Morgan fingerprint density at radius 1 is 0.341 bits per heavy atom. The number of rotatable bonds is 4. The van der Waals surface area contributed by atoms with E-state index >= 15 is 0 Å². The van der Waals surface area contributed by atoms with E-state index in [1.54, 1.807) is 0 Å². The highest BCUT2D eigenvalue weighted by molar-refractivity contribution is 6.89. The summed E-state index contributed by atoms with van der Waals surface area (Å²) >= 11 is 0. The molecule has 0 unspecified atom stereocenters. The Balaban J connectivity index is 1.75. The Bertz CT molecular complexity index is 2100. The predicted molar refractivity (Wildman–Crippen MR) is 203 cm³/mol. The van der Waals surface area contributed by atoms with Gasteiger partial charge in [0, 0.05) is 0 Å². The molecule has 0 amide bonds. The fourth-order valence-electron chi connectivity index (χ4n) is 7.08. The van der Waals surface area contributed by atoms with Gasteiger partial charge in [0.05, 0.1) is 16.1 Å². The average Bonchev–Trinajstić information content (AvgIpc) is 3.00. The van der Waals surface area contributed by atoms with E-state index in [-0.39, 0.29) is 0 Å². The Kier molecular flexibility index (Phi) is 6.73. The third kappa shape index (κ3) is 4.63. The Labute approximate surface area is 264 Å². The lowest BCUT2D eigenvalue weighted by Crippen LogP contribution is -2.37. The van der Waals surface area contributed by atoms with E-state index < -0.39 is 16.1 Å². The summed E-state index contributed by atoms with van der Waals surface area (Å²) < 4.78 is 0. The molecule has 0 aliphatic heterocycles. The van der Waals surface area contributed by atoms with Crippen LogP contribution in [0, 0.1) is 13.8 Å². The summed E-state index contributed by atoms with van der Waals surface area (Å²) in [6, 6.07) is 42.2. The minimum Gasteiger partial charge on any atom is -0.0656 e. The van der Waals surface area contributed by atoms with E-state index in [1.807, 2.05) is 0 Å². The lowest BCUT2D eigenvalue weighted by atomic mass is 9.83. The van der Waals surface area contributed by atoms with Gasteiger partial charge in [-0.05, 0) is 90.3 Å². The van der Waals surface area contributed by atoms with Crippen molar-refractivity contribution in [2.45, 2.75) is 53.1 Å². The van der Waals surface area contributed by atoms with Crippen molar-refractivity contribution in [1.82, 2.24) is 0 Å².